The standard InChI is InChI=1S/C45H82O/c1-8-21-36(4)23-18-16-14-12-10-9-11-13-15-17-19-33-46-39-29-31-44(6)38(34-39)25-26-40-42-28-27-41(37(5)24-20-22-35(2)3)45(42,7)32-30-43(40)44/h25,35-37,39-43H,8-24,26-34H2,1-7H3. The Bertz CT molecular complexity index is 872. The maximum absolute atomic E-state index is 6.56. The van der Waals surface area contributed by atoms with E-state index in [1.54, 1.807) is 5.57 Å². The minimum absolute atomic E-state index is 0.457. The van der Waals surface area contributed by atoms with Gasteiger partial charge in [0.25, 0.3) is 0 Å². The van der Waals surface area contributed by atoms with Crippen LogP contribution in [0.25, 0.3) is 0 Å². The second kappa shape index (κ2) is 19.2. The second-order valence-electron chi connectivity index (χ2n) is 18.6. The lowest BCUT2D eigenvalue weighted by Gasteiger charge is -2.58. The van der Waals surface area contributed by atoms with Gasteiger partial charge in [0, 0.05) is 6.61 Å². The minimum Gasteiger partial charge on any atom is -0.378 e. The zero-order valence-electron chi connectivity index (χ0n) is 32.5. The van der Waals surface area contributed by atoms with E-state index in [0.717, 1.165) is 48.0 Å². The Labute approximate surface area is 289 Å². The molecule has 0 spiro atoms. The van der Waals surface area contributed by atoms with Gasteiger partial charge in [0.2, 0.25) is 0 Å². The number of fused-ring (bicyclic) bond motifs is 5. The van der Waals surface area contributed by atoms with Gasteiger partial charge in [0.1, 0.15) is 0 Å². The van der Waals surface area contributed by atoms with Crippen molar-refractivity contribution in [3.8, 4) is 0 Å². The molecule has 4 aliphatic rings. The van der Waals surface area contributed by atoms with Crippen LogP contribution in [0.4, 0.5) is 0 Å². The van der Waals surface area contributed by atoms with Crippen molar-refractivity contribution in [2.75, 3.05) is 6.61 Å². The van der Waals surface area contributed by atoms with Gasteiger partial charge in [0.05, 0.1) is 6.10 Å². The summed E-state index contributed by atoms with van der Waals surface area (Å²) in [7, 11) is 0. The highest BCUT2D eigenvalue weighted by Crippen LogP contribution is 2.67. The first kappa shape index (κ1) is 38.5. The van der Waals surface area contributed by atoms with Gasteiger partial charge < -0.3 is 4.74 Å². The van der Waals surface area contributed by atoms with E-state index in [4.69, 9.17) is 4.74 Å². The zero-order chi connectivity index (χ0) is 33.0. The number of ether oxygens (including phenoxy) is 1. The van der Waals surface area contributed by atoms with Gasteiger partial charge in [-0.2, -0.15) is 0 Å². The summed E-state index contributed by atoms with van der Waals surface area (Å²) in [6, 6.07) is 0. The number of allylic oxidation sites excluding steroid dienone is 1. The Morgan fingerprint density at radius 1 is 0.696 bits per heavy atom. The van der Waals surface area contributed by atoms with Gasteiger partial charge >= 0.3 is 0 Å². The summed E-state index contributed by atoms with van der Waals surface area (Å²) in [5.74, 6) is 6.54. The molecule has 0 radical (unpaired) electrons. The summed E-state index contributed by atoms with van der Waals surface area (Å²) >= 11 is 0. The fraction of sp³-hybridized carbons (Fsp3) is 0.956. The molecule has 4 rings (SSSR count). The molecular formula is C45H82O. The summed E-state index contributed by atoms with van der Waals surface area (Å²) in [4.78, 5) is 0. The van der Waals surface area contributed by atoms with Crippen molar-refractivity contribution in [2.24, 2.45) is 52.3 Å². The third kappa shape index (κ3) is 10.4. The van der Waals surface area contributed by atoms with Gasteiger partial charge in [0.15, 0.2) is 0 Å². The van der Waals surface area contributed by atoms with Crippen LogP contribution in [0.5, 0.6) is 0 Å². The van der Waals surface area contributed by atoms with Crippen molar-refractivity contribution in [3.05, 3.63) is 11.6 Å². The van der Waals surface area contributed by atoms with E-state index in [1.165, 1.54) is 161 Å². The van der Waals surface area contributed by atoms with E-state index in [1.807, 2.05) is 0 Å². The molecule has 1 nitrogen and oxygen atoms in total. The monoisotopic (exact) mass is 639 g/mol. The van der Waals surface area contributed by atoms with Crippen LogP contribution in [0, 0.1) is 52.3 Å². The SMILES string of the molecule is CCCC(C)CCCCCCCCCCCCCOC1CCC2(C)C(=CCC3C2CCC2(C)C(C(C)CCCC(C)C)CCC32)C1. The average Bonchev–Trinajstić information content (AvgIpc) is 3.38. The molecule has 9 unspecified atom stereocenters. The third-order valence-corrected chi connectivity index (χ3v) is 14.7. The molecule has 0 aromatic heterocycles. The van der Waals surface area contributed by atoms with E-state index in [0.29, 0.717) is 16.9 Å². The van der Waals surface area contributed by atoms with Gasteiger partial charge in [-0.15, -0.1) is 0 Å². The van der Waals surface area contributed by atoms with E-state index in [2.05, 4.69) is 54.5 Å². The van der Waals surface area contributed by atoms with Gasteiger partial charge in [-0.05, 0) is 110 Å². The quantitative estimate of drug-likeness (QED) is 0.0847. The van der Waals surface area contributed by atoms with E-state index >= 15 is 0 Å². The number of unbranched alkanes of at least 4 members (excludes halogenated alkanes) is 10. The molecule has 268 valence electrons. The molecule has 0 amide bonds. The van der Waals surface area contributed by atoms with Crippen molar-refractivity contribution in [1.29, 1.82) is 0 Å². The Kier molecular flexibility index (Phi) is 16.1. The van der Waals surface area contributed by atoms with Gasteiger partial charge in [-0.25, -0.2) is 0 Å². The number of hydrogen-bond donors (Lipinski definition) is 0. The van der Waals surface area contributed by atoms with Crippen molar-refractivity contribution < 1.29 is 4.74 Å². The highest BCUT2D eigenvalue weighted by Gasteiger charge is 2.59. The molecule has 9 atom stereocenters. The van der Waals surface area contributed by atoms with E-state index in [-0.39, 0.29) is 0 Å². The third-order valence-electron chi connectivity index (χ3n) is 14.7. The topological polar surface area (TPSA) is 9.23 Å². The van der Waals surface area contributed by atoms with Crippen LogP contribution in [0.2, 0.25) is 0 Å². The van der Waals surface area contributed by atoms with Crippen molar-refractivity contribution >= 4 is 0 Å². The lowest BCUT2D eigenvalue weighted by atomic mass is 9.47. The molecule has 1 heteroatoms. The smallest absolute Gasteiger partial charge is 0.0612 e. The Balaban J connectivity index is 1.08. The highest BCUT2D eigenvalue weighted by molar-refractivity contribution is 5.25. The summed E-state index contributed by atoms with van der Waals surface area (Å²) in [5, 5.41) is 0. The van der Waals surface area contributed by atoms with Crippen LogP contribution in [0.1, 0.15) is 209 Å². The molecular weight excluding hydrogens is 556 g/mol. The Morgan fingerprint density at radius 2 is 1.37 bits per heavy atom. The van der Waals surface area contributed by atoms with Crippen LogP contribution in [-0.4, -0.2) is 12.7 Å². The number of hydrogen-bond acceptors (Lipinski definition) is 1. The average molecular weight is 639 g/mol. The molecule has 3 saturated carbocycles. The zero-order valence-corrected chi connectivity index (χ0v) is 32.5. The van der Waals surface area contributed by atoms with Crippen molar-refractivity contribution in [3.63, 3.8) is 0 Å². The highest BCUT2D eigenvalue weighted by atomic mass is 16.5. The van der Waals surface area contributed by atoms with Crippen LogP contribution in [0.15, 0.2) is 11.6 Å². The predicted octanol–water partition coefficient (Wildman–Crippen LogP) is 14.5. The summed E-state index contributed by atoms with van der Waals surface area (Å²) in [6.45, 7) is 18.6. The Morgan fingerprint density at radius 3 is 2.04 bits per heavy atom. The summed E-state index contributed by atoms with van der Waals surface area (Å²) in [6.07, 6.45) is 38.8. The maximum atomic E-state index is 6.56. The molecule has 0 saturated heterocycles. The molecule has 0 bridgehead atoms. The molecule has 0 N–H and O–H groups in total. The van der Waals surface area contributed by atoms with E-state index in [9.17, 15) is 0 Å². The molecule has 3 fully saturated rings. The van der Waals surface area contributed by atoms with Crippen molar-refractivity contribution in [2.45, 2.75) is 215 Å². The first-order valence-corrected chi connectivity index (χ1v) is 21.5. The fourth-order valence-electron chi connectivity index (χ4n) is 11.9. The predicted molar refractivity (Wildman–Crippen MR) is 202 cm³/mol. The lowest BCUT2D eigenvalue weighted by Crippen LogP contribution is -2.51. The summed E-state index contributed by atoms with van der Waals surface area (Å²) in [5.41, 5.74) is 2.86. The van der Waals surface area contributed by atoms with Gasteiger partial charge in [-0.3, -0.25) is 0 Å². The largest absolute Gasteiger partial charge is 0.378 e. The van der Waals surface area contributed by atoms with Gasteiger partial charge in [-0.1, -0.05) is 163 Å². The molecule has 0 aromatic rings. The normalized spacial score (nSPS) is 33.7. The Hall–Kier alpha value is -0.300. The molecule has 4 aliphatic carbocycles. The first-order chi connectivity index (χ1) is 22.2. The van der Waals surface area contributed by atoms with Crippen LogP contribution in [0.3, 0.4) is 0 Å². The molecule has 0 aliphatic heterocycles. The van der Waals surface area contributed by atoms with Crippen molar-refractivity contribution in [1.82, 2.24) is 0 Å². The van der Waals surface area contributed by atoms with Crippen LogP contribution < -0.4 is 0 Å². The molecule has 0 aromatic carbocycles. The van der Waals surface area contributed by atoms with Crippen LogP contribution in [-0.2, 0) is 4.74 Å². The first-order valence-electron chi connectivity index (χ1n) is 21.5. The lowest BCUT2D eigenvalue weighted by molar-refractivity contribution is -0.0641. The molecule has 0 heterocycles. The molecule has 46 heavy (non-hydrogen) atoms. The van der Waals surface area contributed by atoms with Crippen LogP contribution >= 0.6 is 0 Å². The number of rotatable bonds is 22. The maximum Gasteiger partial charge on any atom is 0.0612 e. The van der Waals surface area contributed by atoms with E-state index < -0.39 is 0 Å². The summed E-state index contributed by atoms with van der Waals surface area (Å²) < 4.78 is 6.56. The fourth-order valence-corrected chi connectivity index (χ4v) is 11.9. The minimum atomic E-state index is 0.457. The second-order valence-corrected chi connectivity index (χ2v) is 18.6.